The first-order valence-corrected chi connectivity index (χ1v) is 11.6. The second-order valence-electron chi connectivity index (χ2n) is 9.04. The summed E-state index contributed by atoms with van der Waals surface area (Å²) < 4.78 is 5.63. The monoisotopic (exact) mass is 450 g/mol. The van der Waals surface area contributed by atoms with Gasteiger partial charge in [-0.25, -0.2) is 4.79 Å². The van der Waals surface area contributed by atoms with Crippen LogP contribution in [0.25, 0.3) is 11.1 Å². The number of fused-ring (bicyclic) bond motifs is 3. The molecule has 0 radical (unpaired) electrons. The molecule has 2 aromatic carbocycles. The van der Waals surface area contributed by atoms with Gasteiger partial charge in [-0.05, 0) is 48.4 Å². The van der Waals surface area contributed by atoms with E-state index in [2.05, 4.69) is 34.9 Å². The van der Waals surface area contributed by atoms with Gasteiger partial charge in [-0.3, -0.25) is 9.59 Å². The summed E-state index contributed by atoms with van der Waals surface area (Å²) in [5, 5.41) is 14.6. The van der Waals surface area contributed by atoms with Crippen LogP contribution in [0.15, 0.2) is 48.5 Å². The van der Waals surface area contributed by atoms with Crippen molar-refractivity contribution in [2.24, 2.45) is 5.92 Å². The van der Waals surface area contributed by atoms with E-state index in [9.17, 15) is 14.4 Å². The molecule has 2 aliphatic carbocycles. The summed E-state index contributed by atoms with van der Waals surface area (Å²) >= 11 is 0. The molecule has 3 N–H and O–H groups in total. The van der Waals surface area contributed by atoms with E-state index in [1.54, 1.807) is 6.92 Å². The van der Waals surface area contributed by atoms with Crippen molar-refractivity contribution in [1.82, 2.24) is 10.6 Å². The predicted octanol–water partition coefficient (Wildman–Crippen LogP) is 4.06. The summed E-state index contributed by atoms with van der Waals surface area (Å²) in [4.78, 5) is 35.9. The van der Waals surface area contributed by atoms with Gasteiger partial charge in [0.25, 0.3) is 0 Å². The van der Waals surface area contributed by atoms with Crippen LogP contribution in [-0.2, 0) is 14.3 Å². The largest absolute Gasteiger partial charge is 0.481 e. The number of nitrogens with one attached hydrogen (secondary N) is 2. The van der Waals surface area contributed by atoms with Crippen molar-refractivity contribution < 1.29 is 24.2 Å². The number of rotatable bonds is 7. The fraction of sp³-hybridized carbons (Fsp3) is 0.423. The SMILES string of the molecule is CC(CC(=O)O)NC(=O)[C@H]1CCC[C@@H](NC(=O)OCC2c3ccccc3-c3ccccc32)C1. The second-order valence-corrected chi connectivity index (χ2v) is 9.04. The van der Waals surface area contributed by atoms with Crippen molar-refractivity contribution in [3.05, 3.63) is 59.7 Å². The number of ether oxygens (including phenoxy) is 1. The lowest BCUT2D eigenvalue weighted by Crippen LogP contribution is -2.44. The molecule has 0 aliphatic heterocycles. The van der Waals surface area contributed by atoms with Crippen LogP contribution in [-0.4, -0.2) is 41.8 Å². The summed E-state index contributed by atoms with van der Waals surface area (Å²) in [5.41, 5.74) is 4.69. The van der Waals surface area contributed by atoms with Gasteiger partial charge >= 0.3 is 12.1 Å². The predicted molar refractivity (Wildman–Crippen MR) is 124 cm³/mol. The first kappa shape index (κ1) is 22.8. The third kappa shape index (κ3) is 5.35. The molecule has 174 valence electrons. The molecule has 0 spiro atoms. The molecule has 2 aliphatic rings. The number of carbonyl (C=O) groups is 3. The molecule has 4 rings (SSSR count). The molecule has 1 fully saturated rings. The number of amides is 2. The molecule has 7 heteroatoms. The summed E-state index contributed by atoms with van der Waals surface area (Å²) in [6.45, 7) is 1.93. The Bertz CT molecular complexity index is 991. The molecule has 2 aromatic rings. The van der Waals surface area contributed by atoms with Crippen molar-refractivity contribution >= 4 is 18.0 Å². The number of hydrogen-bond acceptors (Lipinski definition) is 4. The molecule has 0 aromatic heterocycles. The Hall–Kier alpha value is -3.35. The highest BCUT2D eigenvalue weighted by Crippen LogP contribution is 2.44. The van der Waals surface area contributed by atoms with E-state index < -0.39 is 18.1 Å². The fourth-order valence-electron chi connectivity index (χ4n) is 5.04. The zero-order chi connectivity index (χ0) is 23.4. The number of alkyl carbamates (subject to hydrolysis) is 1. The lowest BCUT2D eigenvalue weighted by Gasteiger charge is -2.29. The van der Waals surface area contributed by atoms with Crippen molar-refractivity contribution in [1.29, 1.82) is 0 Å². The normalized spacial score (nSPS) is 20.3. The lowest BCUT2D eigenvalue weighted by molar-refractivity contribution is -0.137. The molecule has 3 atom stereocenters. The minimum atomic E-state index is -0.943. The molecule has 1 unspecified atom stereocenters. The molecule has 0 saturated heterocycles. The van der Waals surface area contributed by atoms with Crippen molar-refractivity contribution in [3.8, 4) is 11.1 Å². The summed E-state index contributed by atoms with van der Waals surface area (Å²) in [5.74, 6) is -1.33. The Morgan fingerprint density at radius 3 is 2.30 bits per heavy atom. The summed E-state index contributed by atoms with van der Waals surface area (Å²) in [6, 6.07) is 15.8. The van der Waals surface area contributed by atoms with Crippen molar-refractivity contribution in [2.45, 2.75) is 57.0 Å². The third-order valence-electron chi connectivity index (χ3n) is 6.58. The van der Waals surface area contributed by atoms with E-state index in [-0.39, 0.29) is 36.8 Å². The van der Waals surface area contributed by atoms with Crippen LogP contribution in [0.2, 0.25) is 0 Å². The van der Waals surface area contributed by atoms with E-state index in [4.69, 9.17) is 9.84 Å². The smallest absolute Gasteiger partial charge is 0.407 e. The minimum Gasteiger partial charge on any atom is -0.481 e. The first-order chi connectivity index (χ1) is 15.9. The molecule has 2 amide bonds. The van der Waals surface area contributed by atoms with E-state index in [1.165, 1.54) is 11.1 Å². The Labute approximate surface area is 193 Å². The maximum Gasteiger partial charge on any atom is 0.407 e. The van der Waals surface area contributed by atoms with E-state index in [0.717, 1.165) is 30.4 Å². The van der Waals surface area contributed by atoms with Gasteiger partial charge in [-0.2, -0.15) is 0 Å². The number of carboxylic acid groups (broad SMARTS) is 1. The number of benzene rings is 2. The van der Waals surface area contributed by atoms with Crippen LogP contribution in [0.3, 0.4) is 0 Å². The Kier molecular flexibility index (Phi) is 6.96. The van der Waals surface area contributed by atoms with Gasteiger partial charge < -0.3 is 20.5 Å². The van der Waals surface area contributed by atoms with Crippen LogP contribution in [0, 0.1) is 5.92 Å². The minimum absolute atomic E-state index is 0.00348. The third-order valence-corrected chi connectivity index (χ3v) is 6.58. The lowest BCUT2D eigenvalue weighted by atomic mass is 9.85. The molecule has 0 bridgehead atoms. The molecule has 0 heterocycles. The van der Waals surface area contributed by atoms with Crippen LogP contribution in [0.1, 0.15) is 56.1 Å². The number of carboxylic acids is 1. The number of hydrogen-bond donors (Lipinski definition) is 3. The van der Waals surface area contributed by atoms with E-state index >= 15 is 0 Å². The van der Waals surface area contributed by atoms with E-state index in [0.29, 0.717) is 6.42 Å². The summed E-state index contributed by atoms with van der Waals surface area (Å²) in [6.07, 6.45) is 2.28. The van der Waals surface area contributed by atoms with Crippen LogP contribution < -0.4 is 10.6 Å². The maximum absolute atomic E-state index is 12.6. The fourth-order valence-corrected chi connectivity index (χ4v) is 5.04. The standard InChI is InChI=1S/C26H30N2O5/c1-16(13-24(29)30)27-25(31)17-7-6-8-18(14-17)28-26(32)33-15-23-21-11-4-2-9-19(21)20-10-3-5-12-22(20)23/h2-5,9-12,16-18,23H,6-8,13-15H2,1H3,(H,27,31)(H,28,32)(H,29,30)/t16?,17-,18+/m0/s1. The maximum atomic E-state index is 12.6. The number of aliphatic carboxylic acids is 1. The Balaban J connectivity index is 1.30. The van der Waals surface area contributed by atoms with Gasteiger partial charge in [0.1, 0.15) is 6.61 Å². The van der Waals surface area contributed by atoms with Gasteiger partial charge in [-0.15, -0.1) is 0 Å². The van der Waals surface area contributed by atoms with Crippen LogP contribution >= 0.6 is 0 Å². The van der Waals surface area contributed by atoms with Gasteiger partial charge in [0.2, 0.25) is 5.91 Å². The molecule has 33 heavy (non-hydrogen) atoms. The molecule has 7 nitrogen and oxygen atoms in total. The highest BCUT2D eigenvalue weighted by Gasteiger charge is 2.31. The zero-order valence-electron chi connectivity index (χ0n) is 18.8. The topological polar surface area (TPSA) is 105 Å². The van der Waals surface area contributed by atoms with E-state index in [1.807, 2.05) is 24.3 Å². The highest BCUT2D eigenvalue weighted by atomic mass is 16.5. The first-order valence-electron chi connectivity index (χ1n) is 11.6. The zero-order valence-corrected chi connectivity index (χ0v) is 18.8. The quantitative estimate of drug-likeness (QED) is 0.590. The average molecular weight is 451 g/mol. The van der Waals surface area contributed by atoms with Gasteiger partial charge in [0.05, 0.1) is 6.42 Å². The van der Waals surface area contributed by atoms with Gasteiger partial charge in [0.15, 0.2) is 0 Å². The molecule has 1 saturated carbocycles. The molecular formula is C26H30N2O5. The second kappa shape index (κ2) is 10.1. The Morgan fingerprint density at radius 2 is 1.67 bits per heavy atom. The highest BCUT2D eigenvalue weighted by molar-refractivity contribution is 5.80. The number of carbonyl (C=O) groups excluding carboxylic acids is 2. The van der Waals surface area contributed by atoms with Crippen molar-refractivity contribution in [2.75, 3.05) is 6.61 Å². The van der Waals surface area contributed by atoms with Gasteiger partial charge in [0, 0.05) is 23.9 Å². The molecular weight excluding hydrogens is 420 g/mol. The Morgan fingerprint density at radius 1 is 1.03 bits per heavy atom. The van der Waals surface area contributed by atoms with Crippen molar-refractivity contribution in [3.63, 3.8) is 0 Å². The van der Waals surface area contributed by atoms with Gasteiger partial charge in [-0.1, -0.05) is 55.0 Å². The summed E-state index contributed by atoms with van der Waals surface area (Å²) in [7, 11) is 0. The van der Waals surface area contributed by atoms with Crippen LogP contribution in [0.5, 0.6) is 0 Å². The average Bonchev–Trinajstić information content (AvgIpc) is 3.11. The van der Waals surface area contributed by atoms with Crippen LogP contribution in [0.4, 0.5) is 4.79 Å².